The van der Waals surface area contributed by atoms with Crippen molar-refractivity contribution in [3.05, 3.63) is 0 Å². The van der Waals surface area contributed by atoms with Gasteiger partial charge < -0.3 is 15.4 Å². The molecule has 0 heterocycles. The van der Waals surface area contributed by atoms with E-state index in [2.05, 4.69) is 10.6 Å². The third-order valence-electron chi connectivity index (χ3n) is 2.25. The summed E-state index contributed by atoms with van der Waals surface area (Å²) in [5.41, 5.74) is 0. The Morgan fingerprint density at radius 2 is 1.55 bits per heavy atom. The lowest BCUT2D eigenvalue weighted by Crippen LogP contribution is -2.32. The third kappa shape index (κ3) is 13.3. The molecule has 0 unspecified atom stereocenters. The minimum absolute atomic E-state index is 0.0557. The van der Waals surface area contributed by atoms with Crippen LogP contribution in [0.1, 0.15) is 33.1 Å². The van der Waals surface area contributed by atoms with Crippen molar-refractivity contribution in [3.63, 3.8) is 0 Å². The summed E-state index contributed by atoms with van der Waals surface area (Å²) in [4.78, 5) is 32.0. The van der Waals surface area contributed by atoms with Crippen molar-refractivity contribution in [2.75, 3.05) is 39.5 Å². The van der Waals surface area contributed by atoms with E-state index < -0.39 is 0 Å². The van der Waals surface area contributed by atoms with Crippen LogP contribution in [0.2, 0.25) is 0 Å². The average molecular weight is 290 g/mol. The molecule has 2 N–H and O–H groups in total. The van der Waals surface area contributed by atoms with Crippen molar-refractivity contribution in [2.24, 2.45) is 0 Å². The van der Waals surface area contributed by atoms with Crippen LogP contribution < -0.4 is 10.6 Å². The van der Waals surface area contributed by atoms with Crippen LogP contribution in [0.25, 0.3) is 0 Å². The number of nitrogens with one attached hydrogen (secondary N) is 2. The monoisotopic (exact) mass is 290 g/mol. The van der Waals surface area contributed by atoms with Crippen molar-refractivity contribution in [3.8, 4) is 0 Å². The van der Waals surface area contributed by atoms with Crippen molar-refractivity contribution < 1.29 is 24.1 Å². The van der Waals surface area contributed by atoms with E-state index in [1.165, 1.54) is 0 Å². The summed E-state index contributed by atoms with van der Waals surface area (Å²) < 4.78 is 5.19. The molecule has 118 valence electrons. The molecule has 0 fully saturated rings. The molecule has 0 aliphatic heterocycles. The quantitative estimate of drug-likeness (QED) is 0.291. The van der Waals surface area contributed by atoms with Crippen LogP contribution in [0.15, 0.2) is 0 Å². The molecule has 0 saturated carbocycles. The molecule has 0 spiro atoms. The van der Waals surface area contributed by atoms with Gasteiger partial charge in [-0.1, -0.05) is 13.8 Å². The molecule has 7 nitrogen and oxygen atoms in total. The summed E-state index contributed by atoms with van der Waals surface area (Å²) in [5, 5.41) is 5.29. The molecule has 0 aromatic carbocycles. The number of amides is 2. The molecule has 20 heavy (non-hydrogen) atoms. The predicted molar refractivity (Wildman–Crippen MR) is 73.9 cm³/mol. The number of hydrogen-bond donors (Lipinski definition) is 2. The Kier molecular flexibility index (Phi) is 13.4. The maximum atomic E-state index is 11.3. The van der Waals surface area contributed by atoms with Gasteiger partial charge in [0.15, 0.2) is 0 Å². The first kappa shape index (κ1) is 18.8. The highest BCUT2D eigenvalue weighted by molar-refractivity contribution is 5.78. The van der Waals surface area contributed by atoms with Gasteiger partial charge in [-0.3, -0.25) is 9.59 Å². The molecule has 0 rings (SSSR count). The van der Waals surface area contributed by atoms with E-state index >= 15 is 0 Å². The van der Waals surface area contributed by atoms with Gasteiger partial charge in [0, 0.05) is 32.5 Å². The number of carbonyl (C=O) groups excluding carboxylic acids is 2. The lowest BCUT2D eigenvalue weighted by atomic mass is 10.3. The normalized spacial score (nSPS) is 10.3. The van der Waals surface area contributed by atoms with Crippen LogP contribution in [0.5, 0.6) is 0 Å². The maximum Gasteiger partial charge on any atom is 0.221 e. The minimum atomic E-state index is -0.128. The van der Waals surface area contributed by atoms with Gasteiger partial charge in [-0.05, 0) is 6.42 Å². The zero-order chi connectivity index (χ0) is 15.1. The van der Waals surface area contributed by atoms with Gasteiger partial charge in [-0.15, -0.1) is 0 Å². The fraction of sp³-hybridized carbons (Fsp3) is 0.846. The van der Waals surface area contributed by atoms with Crippen LogP contribution in [-0.2, 0) is 24.1 Å². The van der Waals surface area contributed by atoms with Gasteiger partial charge in [0.2, 0.25) is 11.8 Å². The highest BCUT2D eigenvalue weighted by Crippen LogP contribution is 1.84. The molecule has 0 aliphatic carbocycles. The van der Waals surface area contributed by atoms with Crippen molar-refractivity contribution >= 4 is 11.8 Å². The second-order valence-corrected chi connectivity index (χ2v) is 4.06. The fourth-order valence-corrected chi connectivity index (χ4v) is 1.22. The first-order chi connectivity index (χ1) is 9.70. The van der Waals surface area contributed by atoms with E-state index in [4.69, 9.17) is 14.5 Å². The Balaban J connectivity index is 3.21. The van der Waals surface area contributed by atoms with E-state index in [-0.39, 0.29) is 24.8 Å². The number of ether oxygens (including phenoxy) is 1. The van der Waals surface area contributed by atoms with E-state index in [9.17, 15) is 9.59 Å². The molecule has 0 aromatic rings. The highest BCUT2D eigenvalue weighted by atomic mass is 17.2. The van der Waals surface area contributed by atoms with Crippen molar-refractivity contribution in [2.45, 2.75) is 33.1 Å². The molecule has 7 heteroatoms. The predicted octanol–water partition coefficient (Wildman–Crippen LogP) is 0.394. The maximum absolute atomic E-state index is 11.3. The topological polar surface area (TPSA) is 85.9 Å². The third-order valence-corrected chi connectivity index (χ3v) is 2.25. The first-order valence-corrected chi connectivity index (χ1v) is 7.06. The summed E-state index contributed by atoms with van der Waals surface area (Å²) in [6, 6.07) is 0. The number of rotatable bonds is 13. The standard InChI is InChI=1S/C13H26N2O5/c1-3-8-18-10-11-20-19-9-7-15-13(17)5-6-14-12(16)4-2/h3-11H2,1-2H3,(H,14,16)(H,15,17). The first-order valence-electron chi connectivity index (χ1n) is 7.06. The number of carbonyl (C=O) groups is 2. The summed E-state index contributed by atoms with van der Waals surface area (Å²) in [6.07, 6.45) is 1.66. The smallest absolute Gasteiger partial charge is 0.221 e. The second kappa shape index (κ2) is 14.2. The van der Waals surface area contributed by atoms with E-state index in [1.807, 2.05) is 6.92 Å². The molecule has 2 amide bonds. The van der Waals surface area contributed by atoms with Gasteiger partial charge >= 0.3 is 0 Å². The zero-order valence-corrected chi connectivity index (χ0v) is 12.4. The van der Waals surface area contributed by atoms with Crippen LogP contribution >= 0.6 is 0 Å². The van der Waals surface area contributed by atoms with Gasteiger partial charge in [0.1, 0.15) is 6.61 Å². The van der Waals surface area contributed by atoms with Crippen LogP contribution in [0.3, 0.4) is 0 Å². The van der Waals surface area contributed by atoms with Gasteiger partial charge in [0.05, 0.1) is 13.2 Å². The molecular weight excluding hydrogens is 264 g/mol. The lowest BCUT2D eigenvalue weighted by molar-refractivity contribution is -0.297. The molecule has 0 aliphatic rings. The van der Waals surface area contributed by atoms with Crippen molar-refractivity contribution in [1.82, 2.24) is 10.6 Å². The van der Waals surface area contributed by atoms with Crippen LogP contribution in [0.4, 0.5) is 0 Å². The molecule has 0 radical (unpaired) electrons. The van der Waals surface area contributed by atoms with Crippen LogP contribution in [0, 0.1) is 0 Å². The summed E-state index contributed by atoms with van der Waals surface area (Å²) in [5.74, 6) is -0.184. The lowest BCUT2D eigenvalue weighted by Gasteiger charge is -2.07. The zero-order valence-electron chi connectivity index (χ0n) is 12.4. The molecule has 0 saturated heterocycles. The number of hydrogen-bond acceptors (Lipinski definition) is 5. The van der Waals surface area contributed by atoms with Gasteiger partial charge in [-0.25, -0.2) is 9.78 Å². The Morgan fingerprint density at radius 3 is 2.25 bits per heavy atom. The summed E-state index contributed by atoms with van der Waals surface area (Å²) in [6.45, 7) is 6.39. The van der Waals surface area contributed by atoms with E-state index in [0.29, 0.717) is 39.3 Å². The highest BCUT2D eigenvalue weighted by Gasteiger charge is 2.02. The molecule has 0 aromatic heterocycles. The Bertz CT molecular complexity index is 261. The second-order valence-electron chi connectivity index (χ2n) is 4.06. The molecular formula is C13H26N2O5. The van der Waals surface area contributed by atoms with E-state index in [1.54, 1.807) is 6.92 Å². The Morgan fingerprint density at radius 1 is 0.850 bits per heavy atom. The average Bonchev–Trinajstić information content (AvgIpc) is 2.45. The van der Waals surface area contributed by atoms with Crippen molar-refractivity contribution in [1.29, 1.82) is 0 Å². The largest absolute Gasteiger partial charge is 0.379 e. The van der Waals surface area contributed by atoms with Crippen LogP contribution in [-0.4, -0.2) is 51.3 Å². The Labute approximate surface area is 120 Å². The fourth-order valence-electron chi connectivity index (χ4n) is 1.22. The van der Waals surface area contributed by atoms with E-state index in [0.717, 1.165) is 6.42 Å². The van der Waals surface area contributed by atoms with Gasteiger partial charge in [-0.2, -0.15) is 0 Å². The SMILES string of the molecule is CCCOCCOOCCNC(=O)CCNC(=O)CC. The summed E-state index contributed by atoms with van der Waals surface area (Å²) >= 11 is 0. The Hall–Kier alpha value is -1.18. The summed E-state index contributed by atoms with van der Waals surface area (Å²) in [7, 11) is 0. The van der Waals surface area contributed by atoms with Gasteiger partial charge in [0.25, 0.3) is 0 Å². The molecule has 0 atom stereocenters. The minimum Gasteiger partial charge on any atom is -0.379 e. The molecule has 0 bridgehead atoms.